The van der Waals surface area contributed by atoms with Crippen molar-refractivity contribution in [1.29, 1.82) is 0 Å². The molecule has 0 saturated carbocycles. The van der Waals surface area contributed by atoms with Crippen LogP contribution in [0.15, 0.2) is 22.7 Å². The number of rotatable bonds is 7. The lowest BCUT2D eigenvalue weighted by Crippen LogP contribution is -2.22. The summed E-state index contributed by atoms with van der Waals surface area (Å²) in [6, 6.07) is 5.54. The fraction of sp³-hybridized carbons (Fsp3) is 0.500. The van der Waals surface area contributed by atoms with Gasteiger partial charge in [-0.15, -0.1) is 0 Å². The van der Waals surface area contributed by atoms with Crippen molar-refractivity contribution in [2.24, 2.45) is 5.92 Å². The quantitative estimate of drug-likeness (QED) is 0.769. The van der Waals surface area contributed by atoms with E-state index in [4.69, 9.17) is 4.74 Å². The molecule has 0 amide bonds. The Hall–Kier alpha value is -0.520. The topological polar surface area (TPSA) is 38.3 Å². The van der Waals surface area contributed by atoms with Gasteiger partial charge in [0.05, 0.1) is 12.7 Å². The highest BCUT2D eigenvalue weighted by atomic mass is 79.9. The van der Waals surface area contributed by atoms with Crippen LogP contribution in [0.2, 0.25) is 0 Å². The monoisotopic (exact) mass is 345 g/mol. The Balaban J connectivity index is 2.53. The lowest BCUT2D eigenvalue weighted by atomic mass is 10.1. The van der Waals surface area contributed by atoms with Crippen molar-refractivity contribution < 1.29 is 9.53 Å². The minimum absolute atomic E-state index is 0.311. The van der Waals surface area contributed by atoms with Gasteiger partial charge >= 0.3 is 5.97 Å². The van der Waals surface area contributed by atoms with Crippen molar-refractivity contribution in [3.05, 3.63) is 33.8 Å². The fourth-order valence-electron chi connectivity index (χ4n) is 1.73. The zero-order chi connectivity index (χ0) is 14.3. The molecule has 0 heterocycles. The van der Waals surface area contributed by atoms with Gasteiger partial charge in [-0.2, -0.15) is 11.8 Å². The Labute approximate surface area is 127 Å². The zero-order valence-electron chi connectivity index (χ0n) is 11.5. The van der Waals surface area contributed by atoms with Gasteiger partial charge in [0.2, 0.25) is 0 Å². The van der Waals surface area contributed by atoms with E-state index in [1.807, 2.05) is 17.8 Å². The Morgan fingerprint density at radius 3 is 2.84 bits per heavy atom. The molecule has 19 heavy (non-hydrogen) atoms. The molecule has 0 fully saturated rings. The normalized spacial score (nSPS) is 12.2. The number of halogens is 1. The third-order valence-electron chi connectivity index (χ3n) is 2.73. The van der Waals surface area contributed by atoms with Gasteiger partial charge in [0, 0.05) is 11.0 Å². The van der Waals surface area contributed by atoms with Crippen molar-refractivity contribution in [3.63, 3.8) is 0 Å². The first-order valence-corrected chi connectivity index (χ1v) is 8.33. The molecule has 0 aliphatic rings. The van der Waals surface area contributed by atoms with E-state index in [1.165, 1.54) is 7.11 Å². The summed E-state index contributed by atoms with van der Waals surface area (Å²) in [5.41, 5.74) is 1.71. The van der Waals surface area contributed by atoms with E-state index in [-0.39, 0.29) is 5.97 Å². The second kappa shape index (κ2) is 8.61. The van der Waals surface area contributed by atoms with Crippen LogP contribution in [0.5, 0.6) is 0 Å². The van der Waals surface area contributed by atoms with Crippen LogP contribution in [0.1, 0.15) is 22.8 Å². The summed E-state index contributed by atoms with van der Waals surface area (Å²) in [6.45, 7) is 4.02. The van der Waals surface area contributed by atoms with Crippen LogP contribution in [-0.4, -0.2) is 31.6 Å². The van der Waals surface area contributed by atoms with Gasteiger partial charge < -0.3 is 10.1 Å². The second-order valence-electron chi connectivity index (χ2n) is 4.49. The fourth-order valence-corrected chi connectivity index (χ4v) is 2.94. The molecule has 1 rings (SSSR count). The highest BCUT2D eigenvalue weighted by molar-refractivity contribution is 9.10. The van der Waals surface area contributed by atoms with E-state index in [0.29, 0.717) is 11.5 Å². The van der Waals surface area contributed by atoms with Crippen LogP contribution < -0.4 is 5.32 Å². The maximum absolute atomic E-state index is 11.4. The van der Waals surface area contributed by atoms with Crippen LogP contribution in [0.3, 0.4) is 0 Å². The predicted molar refractivity (Wildman–Crippen MR) is 84.7 cm³/mol. The summed E-state index contributed by atoms with van der Waals surface area (Å²) in [7, 11) is 1.39. The third kappa shape index (κ3) is 5.55. The second-order valence-corrected chi connectivity index (χ2v) is 6.25. The summed E-state index contributed by atoms with van der Waals surface area (Å²) >= 11 is 5.36. The van der Waals surface area contributed by atoms with E-state index in [2.05, 4.69) is 34.4 Å². The molecule has 0 aliphatic carbocycles. The van der Waals surface area contributed by atoms with Crippen molar-refractivity contribution >= 4 is 33.7 Å². The highest BCUT2D eigenvalue weighted by Crippen LogP contribution is 2.19. The molecule has 1 N–H and O–H groups in total. The molecule has 1 atom stereocenters. The molecule has 0 saturated heterocycles. The molecule has 1 aromatic rings. The van der Waals surface area contributed by atoms with Crippen LogP contribution in [0.4, 0.5) is 0 Å². The van der Waals surface area contributed by atoms with Gasteiger partial charge in [0.15, 0.2) is 0 Å². The number of nitrogens with one attached hydrogen (secondary N) is 1. The van der Waals surface area contributed by atoms with Gasteiger partial charge in [-0.3, -0.25) is 0 Å². The summed E-state index contributed by atoms with van der Waals surface area (Å²) in [6.07, 6.45) is 2.12. The number of ether oxygens (including phenoxy) is 1. The van der Waals surface area contributed by atoms with Crippen LogP contribution in [0.25, 0.3) is 0 Å². The van der Waals surface area contributed by atoms with E-state index in [0.717, 1.165) is 28.9 Å². The van der Waals surface area contributed by atoms with E-state index < -0.39 is 0 Å². The molecular weight excluding hydrogens is 326 g/mol. The number of hydrogen-bond donors (Lipinski definition) is 1. The Morgan fingerprint density at radius 2 is 2.26 bits per heavy atom. The van der Waals surface area contributed by atoms with E-state index in [1.54, 1.807) is 12.1 Å². The van der Waals surface area contributed by atoms with Crippen LogP contribution in [-0.2, 0) is 11.3 Å². The van der Waals surface area contributed by atoms with Crippen LogP contribution >= 0.6 is 27.7 Å². The summed E-state index contributed by atoms with van der Waals surface area (Å²) < 4.78 is 5.62. The first-order chi connectivity index (χ1) is 9.08. The van der Waals surface area contributed by atoms with Crippen molar-refractivity contribution in [2.45, 2.75) is 13.5 Å². The average Bonchev–Trinajstić information content (AvgIpc) is 2.40. The van der Waals surface area contributed by atoms with Crippen molar-refractivity contribution in [3.8, 4) is 0 Å². The number of carbonyl (C=O) groups excluding carboxylic acids is 1. The number of esters is 1. The molecule has 3 nitrogen and oxygen atoms in total. The summed E-state index contributed by atoms with van der Waals surface area (Å²) in [4.78, 5) is 11.4. The predicted octanol–water partition coefficient (Wildman–Crippen LogP) is 3.32. The molecule has 0 aromatic heterocycles. The molecule has 0 spiro atoms. The maximum Gasteiger partial charge on any atom is 0.337 e. The number of hydrogen-bond acceptors (Lipinski definition) is 4. The number of thioether (sulfide) groups is 1. The average molecular weight is 346 g/mol. The summed E-state index contributed by atoms with van der Waals surface area (Å²) in [5, 5.41) is 3.43. The van der Waals surface area contributed by atoms with Gasteiger partial charge in [-0.25, -0.2) is 4.79 Å². The molecular formula is C14H20BrNO2S. The van der Waals surface area contributed by atoms with Gasteiger partial charge in [0.25, 0.3) is 0 Å². The third-order valence-corrected chi connectivity index (χ3v) is 4.37. The molecule has 0 aliphatic heterocycles. The van der Waals surface area contributed by atoms with Crippen molar-refractivity contribution in [1.82, 2.24) is 5.32 Å². The minimum atomic E-state index is -0.311. The molecule has 5 heteroatoms. The SMILES string of the molecule is COC(=O)c1ccc(CNCC(C)CSC)c(Br)c1. The number of methoxy groups -OCH3 is 1. The Kier molecular flexibility index (Phi) is 7.49. The Bertz CT molecular complexity index is 426. The van der Waals surface area contributed by atoms with Gasteiger partial charge in [0.1, 0.15) is 0 Å². The summed E-state index contributed by atoms with van der Waals surface area (Å²) in [5.74, 6) is 1.51. The minimum Gasteiger partial charge on any atom is -0.465 e. The first-order valence-electron chi connectivity index (χ1n) is 6.14. The molecule has 1 unspecified atom stereocenters. The smallest absolute Gasteiger partial charge is 0.337 e. The molecule has 0 radical (unpaired) electrons. The standard InChI is InChI=1S/C14H20BrNO2S/c1-10(9-19-3)7-16-8-12-5-4-11(6-13(12)15)14(17)18-2/h4-6,10,16H,7-9H2,1-3H3. The molecule has 0 bridgehead atoms. The highest BCUT2D eigenvalue weighted by Gasteiger charge is 2.08. The van der Waals surface area contributed by atoms with Crippen LogP contribution in [0, 0.1) is 5.92 Å². The first kappa shape index (κ1) is 16.5. The lowest BCUT2D eigenvalue weighted by Gasteiger charge is -2.12. The largest absolute Gasteiger partial charge is 0.465 e. The Morgan fingerprint density at radius 1 is 1.53 bits per heavy atom. The van der Waals surface area contributed by atoms with Gasteiger partial charge in [-0.1, -0.05) is 28.9 Å². The number of carbonyl (C=O) groups is 1. The van der Waals surface area contributed by atoms with E-state index in [9.17, 15) is 4.79 Å². The lowest BCUT2D eigenvalue weighted by molar-refractivity contribution is 0.0600. The van der Waals surface area contributed by atoms with E-state index >= 15 is 0 Å². The maximum atomic E-state index is 11.4. The van der Waals surface area contributed by atoms with Crippen molar-refractivity contribution in [2.75, 3.05) is 25.7 Å². The van der Waals surface area contributed by atoms with Gasteiger partial charge in [-0.05, 0) is 42.2 Å². The number of benzene rings is 1. The zero-order valence-corrected chi connectivity index (χ0v) is 13.9. The molecule has 1 aromatic carbocycles. The molecule has 106 valence electrons.